The van der Waals surface area contributed by atoms with E-state index in [4.69, 9.17) is 14.2 Å². The molecule has 2 N–H and O–H groups in total. The summed E-state index contributed by atoms with van der Waals surface area (Å²) >= 11 is 0. The van der Waals surface area contributed by atoms with Crippen molar-refractivity contribution in [2.45, 2.75) is 32.5 Å². The number of nitrogens with one attached hydrogen (secondary N) is 2. The molecule has 164 valence electrons. The lowest BCUT2D eigenvalue weighted by Crippen LogP contribution is -2.41. The van der Waals surface area contributed by atoms with Crippen LogP contribution in [0.1, 0.15) is 29.5 Å². The van der Waals surface area contributed by atoms with Crippen LogP contribution in [0.25, 0.3) is 0 Å². The van der Waals surface area contributed by atoms with Crippen LogP contribution >= 0.6 is 0 Å². The zero-order chi connectivity index (χ0) is 22.1. The lowest BCUT2D eigenvalue weighted by molar-refractivity contribution is -0.139. The topological polar surface area (TPSA) is 98.2 Å². The fraction of sp³-hybridized carbons (Fsp3) is 0.348. The van der Waals surface area contributed by atoms with E-state index in [1.54, 1.807) is 25.3 Å². The largest absolute Gasteiger partial charge is 0.493 e. The first-order valence-corrected chi connectivity index (χ1v) is 10.1. The molecule has 0 saturated carbocycles. The summed E-state index contributed by atoms with van der Waals surface area (Å²) in [7, 11) is 1.55. The number of aryl methyl sites for hydroxylation is 1. The summed E-state index contributed by atoms with van der Waals surface area (Å²) in [4.78, 5) is 23.6. The van der Waals surface area contributed by atoms with Gasteiger partial charge in [-0.3, -0.25) is 9.59 Å². The van der Waals surface area contributed by atoms with E-state index in [0.29, 0.717) is 36.8 Å². The first kappa shape index (κ1) is 22.3. The molecule has 3 rings (SSSR count). The quantitative estimate of drug-likeness (QED) is 0.384. The van der Waals surface area contributed by atoms with Gasteiger partial charge in [-0.05, 0) is 49.1 Å². The fourth-order valence-corrected chi connectivity index (χ4v) is 3.04. The van der Waals surface area contributed by atoms with Crippen LogP contribution in [0.15, 0.2) is 47.6 Å². The number of carbonyl (C=O) groups excluding carboxylic acids is 2. The Hall–Kier alpha value is -3.39. The number of nitrogens with zero attached hydrogens (tertiary/aromatic N) is 1. The first-order chi connectivity index (χ1) is 15.0. The lowest BCUT2D eigenvalue weighted by Gasteiger charge is -2.11. The Bertz CT molecular complexity index is 921. The molecule has 0 aliphatic carbocycles. The van der Waals surface area contributed by atoms with Crippen LogP contribution in [0.4, 0.5) is 0 Å². The van der Waals surface area contributed by atoms with E-state index in [2.05, 4.69) is 15.8 Å². The molecule has 0 unspecified atom stereocenters. The molecule has 2 amide bonds. The third-order valence-electron chi connectivity index (χ3n) is 4.80. The van der Waals surface area contributed by atoms with Crippen molar-refractivity contribution in [1.82, 2.24) is 10.7 Å². The van der Waals surface area contributed by atoms with Crippen LogP contribution in [0.2, 0.25) is 0 Å². The molecule has 8 nitrogen and oxygen atoms in total. The van der Waals surface area contributed by atoms with Gasteiger partial charge in [-0.25, -0.2) is 5.43 Å². The van der Waals surface area contributed by atoms with E-state index in [9.17, 15) is 9.59 Å². The number of benzene rings is 2. The van der Waals surface area contributed by atoms with Crippen molar-refractivity contribution in [1.29, 1.82) is 0 Å². The van der Waals surface area contributed by atoms with Crippen molar-refractivity contribution < 1.29 is 23.8 Å². The Labute approximate surface area is 181 Å². The number of hydrazone groups is 1. The second-order valence-electron chi connectivity index (χ2n) is 7.23. The highest BCUT2D eigenvalue weighted by atomic mass is 16.5. The molecule has 1 saturated heterocycles. The Kier molecular flexibility index (Phi) is 8.00. The van der Waals surface area contributed by atoms with E-state index in [1.165, 1.54) is 11.8 Å². The maximum atomic E-state index is 11.8. The van der Waals surface area contributed by atoms with Gasteiger partial charge in [0.25, 0.3) is 0 Å². The average Bonchev–Trinajstić information content (AvgIpc) is 3.31. The molecule has 1 aliphatic rings. The van der Waals surface area contributed by atoms with Gasteiger partial charge in [-0.2, -0.15) is 5.10 Å². The number of amides is 2. The Morgan fingerprint density at radius 2 is 1.97 bits per heavy atom. The van der Waals surface area contributed by atoms with Crippen molar-refractivity contribution in [3.8, 4) is 11.5 Å². The molecule has 2 aromatic rings. The molecule has 31 heavy (non-hydrogen) atoms. The maximum absolute atomic E-state index is 11.8. The molecule has 1 heterocycles. The smallest absolute Gasteiger partial charge is 0.329 e. The van der Waals surface area contributed by atoms with Crippen molar-refractivity contribution in [3.63, 3.8) is 0 Å². The van der Waals surface area contributed by atoms with Gasteiger partial charge in [-0.1, -0.05) is 29.8 Å². The minimum atomic E-state index is -0.834. The molecule has 0 bridgehead atoms. The molecule has 1 fully saturated rings. The van der Waals surface area contributed by atoms with Crippen LogP contribution in [0.5, 0.6) is 11.5 Å². The predicted molar refractivity (Wildman–Crippen MR) is 116 cm³/mol. The molecule has 1 aliphatic heterocycles. The Balaban J connectivity index is 1.50. The van der Waals surface area contributed by atoms with E-state index >= 15 is 0 Å². The third-order valence-corrected chi connectivity index (χ3v) is 4.80. The third kappa shape index (κ3) is 6.82. The highest BCUT2D eigenvalue weighted by Crippen LogP contribution is 2.28. The number of hydrogen-bond acceptors (Lipinski definition) is 6. The van der Waals surface area contributed by atoms with Gasteiger partial charge < -0.3 is 19.5 Å². The second-order valence-corrected chi connectivity index (χ2v) is 7.23. The van der Waals surface area contributed by atoms with Gasteiger partial charge >= 0.3 is 11.8 Å². The summed E-state index contributed by atoms with van der Waals surface area (Å²) in [5.74, 6) is -0.446. The molecule has 1 atom stereocenters. The molecule has 0 aromatic heterocycles. The summed E-state index contributed by atoms with van der Waals surface area (Å²) in [5, 5.41) is 6.38. The van der Waals surface area contributed by atoms with Crippen LogP contribution in [-0.2, 0) is 20.9 Å². The van der Waals surface area contributed by atoms with E-state index in [0.717, 1.165) is 18.4 Å². The van der Waals surface area contributed by atoms with Gasteiger partial charge in [0, 0.05) is 13.2 Å². The average molecular weight is 425 g/mol. The number of hydrogen-bond donors (Lipinski definition) is 2. The van der Waals surface area contributed by atoms with Gasteiger partial charge in [0.1, 0.15) is 6.61 Å². The number of rotatable bonds is 8. The van der Waals surface area contributed by atoms with Crippen molar-refractivity contribution in [2.75, 3.05) is 20.3 Å². The fourth-order valence-electron chi connectivity index (χ4n) is 3.04. The molecular weight excluding hydrogens is 398 g/mol. The zero-order valence-corrected chi connectivity index (χ0v) is 17.7. The van der Waals surface area contributed by atoms with Gasteiger partial charge in [-0.15, -0.1) is 0 Å². The second kappa shape index (κ2) is 11.1. The van der Waals surface area contributed by atoms with E-state index < -0.39 is 11.8 Å². The van der Waals surface area contributed by atoms with Gasteiger partial charge in [0.15, 0.2) is 11.5 Å². The summed E-state index contributed by atoms with van der Waals surface area (Å²) in [6, 6.07) is 13.4. The molecule has 0 spiro atoms. The summed E-state index contributed by atoms with van der Waals surface area (Å²) in [6.07, 6.45) is 3.25. The van der Waals surface area contributed by atoms with Crippen molar-refractivity contribution in [3.05, 3.63) is 59.2 Å². The number of ether oxygens (including phenoxy) is 3. The first-order valence-electron chi connectivity index (χ1n) is 10.1. The molecule has 8 heteroatoms. The SMILES string of the molecule is COc1cc(/C=N\NC(=O)C(=O)NC[C@H]2CCCO2)ccc1OCc1ccc(C)cc1. The van der Waals surface area contributed by atoms with Crippen LogP contribution in [0.3, 0.4) is 0 Å². The monoisotopic (exact) mass is 425 g/mol. The minimum Gasteiger partial charge on any atom is -0.493 e. The number of carbonyl (C=O) groups is 2. The lowest BCUT2D eigenvalue weighted by atomic mass is 10.2. The predicted octanol–water partition coefficient (Wildman–Crippen LogP) is 2.33. The van der Waals surface area contributed by atoms with E-state index in [-0.39, 0.29) is 6.10 Å². The Morgan fingerprint density at radius 3 is 2.68 bits per heavy atom. The van der Waals surface area contributed by atoms with Gasteiger partial charge in [0.05, 0.1) is 19.4 Å². The highest BCUT2D eigenvalue weighted by Gasteiger charge is 2.19. The number of methoxy groups -OCH3 is 1. The normalized spacial score (nSPS) is 15.6. The molecule has 2 aromatic carbocycles. The molecular formula is C23H27N3O5. The molecule has 0 radical (unpaired) electrons. The summed E-state index contributed by atoms with van der Waals surface area (Å²) in [6.45, 7) is 3.46. The highest BCUT2D eigenvalue weighted by molar-refractivity contribution is 6.35. The minimum absolute atomic E-state index is 0.0283. The Morgan fingerprint density at radius 1 is 1.16 bits per heavy atom. The van der Waals surface area contributed by atoms with Crippen molar-refractivity contribution >= 4 is 18.0 Å². The van der Waals surface area contributed by atoms with E-state index in [1.807, 2.05) is 31.2 Å². The standard InChI is InChI=1S/C23H27N3O5/c1-16-5-7-17(8-6-16)15-31-20-10-9-18(12-21(20)29-2)13-25-26-23(28)22(27)24-14-19-4-3-11-30-19/h5-10,12-13,19H,3-4,11,14-15H2,1-2H3,(H,24,27)(H,26,28)/b25-13-/t19-/m1/s1. The zero-order valence-electron chi connectivity index (χ0n) is 17.7. The maximum Gasteiger partial charge on any atom is 0.329 e. The summed E-state index contributed by atoms with van der Waals surface area (Å²) < 4.78 is 16.6. The van der Waals surface area contributed by atoms with Crippen LogP contribution in [-0.4, -0.2) is 44.4 Å². The summed E-state index contributed by atoms with van der Waals surface area (Å²) in [5.41, 5.74) is 5.14. The van der Waals surface area contributed by atoms with Crippen LogP contribution < -0.4 is 20.2 Å². The van der Waals surface area contributed by atoms with Crippen molar-refractivity contribution in [2.24, 2.45) is 5.10 Å². The van der Waals surface area contributed by atoms with Crippen LogP contribution in [0, 0.1) is 6.92 Å². The van der Waals surface area contributed by atoms with Gasteiger partial charge in [0.2, 0.25) is 0 Å².